The fraction of sp³-hybridized carbons (Fsp3) is 0.500. The van der Waals surface area contributed by atoms with Gasteiger partial charge in [0.15, 0.2) is 5.76 Å². The topological polar surface area (TPSA) is 49.5 Å². The van der Waals surface area contributed by atoms with E-state index in [9.17, 15) is 9.50 Å². The van der Waals surface area contributed by atoms with E-state index < -0.39 is 0 Å². The zero-order valence-electron chi connectivity index (χ0n) is 13.4. The second-order valence-corrected chi connectivity index (χ2v) is 6.41. The van der Waals surface area contributed by atoms with Crippen molar-refractivity contribution in [2.24, 2.45) is 5.92 Å². The van der Waals surface area contributed by atoms with Crippen LogP contribution in [-0.2, 0) is 6.54 Å². The Bertz CT molecular complexity index is 643. The molecule has 0 spiro atoms. The Hall–Kier alpha value is -1.72. The number of oxazole rings is 1. The van der Waals surface area contributed by atoms with E-state index in [1.54, 1.807) is 24.4 Å². The summed E-state index contributed by atoms with van der Waals surface area (Å²) in [5.41, 5.74) is 0.427. The minimum absolute atomic E-state index is 0.204. The van der Waals surface area contributed by atoms with Gasteiger partial charge < -0.3 is 9.52 Å². The average molecular weight is 318 g/mol. The van der Waals surface area contributed by atoms with Gasteiger partial charge in [-0.25, -0.2) is 9.37 Å². The first-order valence-electron chi connectivity index (χ1n) is 8.19. The van der Waals surface area contributed by atoms with E-state index >= 15 is 0 Å². The van der Waals surface area contributed by atoms with Crippen LogP contribution in [0.2, 0.25) is 0 Å². The third-order valence-electron chi connectivity index (χ3n) is 4.51. The van der Waals surface area contributed by atoms with Gasteiger partial charge in [0.1, 0.15) is 5.82 Å². The molecule has 0 aliphatic heterocycles. The molecule has 124 valence electrons. The van der Waals surface area contributed by atoms with Crippen molar-refractivity contribution in [2.75, 3.05) is 13.6 Å². The number of hydrogen-bond acceptors (Lipinski definition) is 4. The number of benzene rings is 1. The minimum atomic E-state index is -0.311. The molecular weight excluding hydrogens is 295 g/mol. The predicted molar refractivity (Wildman–Crippen MR) is 86.2 cm³/mol. The molecule has 0 saturated heterocycles. The second kappa shape index (κ2) is 7.23. The first kappa shape index (κ1) is 16.1. The number of nitrogens with zero attached hydrogens (tertiary/aromatic N) is 2. The van der Waals surface area contributed by atoms with Crippen LogP contribution in [0.1, 0.15) is 31.6 Å². The third kappa shape index (κ3) is 3.98. The summed E-state index contributed by atoms with van der Waals surface area (Å²) in [7, 11) is 1.99. The highest BCUT2D eigenvalue weighted by Gasteiger charge is 2.24. The van der Waals surface area contributed by atoms with Crippen LogP contribution in [0.3, 0.4) is 0 Å². The fourth-order valence-electron chi connectivity index (χ4n) is 3.27. The van der Waals surface area contributed by atoms with Crippen molar-refractivity contribution < 1.29 is 13.9 Å². The van der Waals surface area contributed by atoms with Crippen LogP contribution in [0.15, 0.2) is 34.9 Å². The maximum Gasteiger partial charge on any atom is 0.209 e. The molecule has 1 aliphatic rings. The van der Waals surface area contributed by atoms with Crippen LogP contribution in [0.25, 0.3) is 11.3 Å². The molecule has 23 heavy (non-hydrogen) atoms. The zero-order valence-corrected chi connectivity index (χ0v) is 13.4. The lowest BCUT2D eigenvalue weighted by Gasteiger charge is -2.30. The lowest BCUT2D eigenvalue weighted by atomic mass is 9.86. The summed E-state index contributed by atoms with van der Waals surface area (Å²) in [5, 5.41) is 10.1. The van der Waals surface area contributed by atoms with Crippen LogP contribution in [0, 0.1) is 11.7 Å². The van der Waals surface area contributed by atoms with E-state index in [0.29, 0.717) is 29.7 Å². The molecule has 2 atom stereocenters. The Morgan fingerprint density at radius 2 is 2.09 bits per heavy atom. The van der Waals surface area contributed by atoms with Gasteiger partial charge in [-0.3, -0.25) is 4.90 Å². The van der Waals surface area contributed by atoms with Gasteiger partial charge in [-0.2, -0.15) is 0 Å². The Morgan fingerprint density at radius 1 is 1.30 bits per heavy atom. The Balaban J connectivity index is 1.61. The summed E-state index contributed by atoms with van der Waals surface area (Å²) < 4.78 is 19.5. The van der Waals surface area contributed by atoms with Gasteiger partial charge in [0.2, 0.25) is 5.89 Å². The number of hydrogen-bond donors (Lipinski definition) is 1. The molecule has 2 unspecified atom stereocenters. The molecule has 0 radical (unpaired) electrons. The number of halogens is 1. The Kier molecular flexibility index (Phi) is 5.08. The summed E-state index contributed by atoms with van der Waals surface area (Å²) in [5.74, 6) is 1.02. The van der Waals surface area contributed by atoms with E-state index in [-0.39, 0.29) is 11.9 Å². The molecule has 5 heteroatoms. The maximum absolute atomic E-state index is 13.8. The van der Waals surface area contributed by atoms with Gasteiger partial charge in [-0.1, -0.05) is 25.0 Å². The SMILES string of the molecule is CN(Cc1ncc(-c2ccccc2F)o1)CC1CCCCC1O. The molecule has 1 aliphatic carbocycles. The molecule has 1 N–H and O–H groups in total. The van der Waals surface area contributed by atoms with Gasteiger partial charge in [-0.15, -0.1) is 0 Å². The number of aliphatic hydroxyl groups is 1. The van der Waals surface area contributed by atoms with Crippen molar-refractivity contribution in [3.8, 4) is 11.3 Å². The molecule has 1 saturated carbocycles. The van der Waals surface area contributed by atoms with Crippen LogP contribution < -0.4 is 0 Å². The summed E-state index contributed by atoms with van der Waals surface area (Å²) in [6, 6.07) is 6.52. The molecule has 1 aromatic carbocycles. The van der Waals surface area contributed by atoms with Crippen LogP contribution in [0.5, 0.6) is 0 Å². The molecule has 0 amide bonds. The van der Waals surface area contributed by atoms with E-state index in [1.807, 2.05) is 7.05 Å². The van der Waals surface area contributed by atoms with E-state index in [4.69, 9.17) is 4.42 Å². The van der Waals surface area contributed by atoms with Crippen LogP contribution in [-0.4, -0.2) is 34.7 Å². The van der Waals surface area contributed by atoms with E-state index in [2.05, 4.69) is 9.88 Å². The van der Waals surface area contributed by atoms with E-state index in [0.717, 1.165) is 25.8 Å². The van der Waals surface area contributed by atoms with Crippen molar-refractivity contribution in [1.29, 1.82) is 0 Å². The minimum Gasteiger partial charge on any atom is -0.439 e. The molecule has 1 fully saturated rings. The first-order valence-corrected chi connectivity index (χ1v) is 8.19. The van der Waals surface area contributed by atoms with Crippen molar-refractivity contribution >= 4 is 0 Å². The molecule has 3 rings (SSSR count). The van der Waals surface area contributed by atoms with Gasteiger partial charge in [-0.05, 0) is 37.9 Å². The van der Waals surface area contributed by atoms with Crippen molar-refractivity contribution in [3.63, 3.8) is 0 Å². The summed E-state index contributed by atoms with van der Waals surface area (Å²) in [6.07, 6.45) is 5.63. The second-order valence-electron chi connectivity index (χ2n) is 6.41. The van der Waals surface area contributed by atoms with Crippen molar-refractivity contribution in [1.82, 2.24) is 9.88 Å². The van der Waals surface area contributed by atoms with Gasteiger partial charge >= 0.3 is 0 Å². The van der Waals surface area contributed by atoms with E-state index in [1.165, 1.54) is 12.5 Å². The highest BCUT2D eigenvalue weighted by molar-refractivity contribution is 5.56. The molecule has 1 heterocycles. The standard InChI is InChI=1S/C18H23FN2O2/c1-21(11-13-6-2-5-9-16(13)22)12-18-20-10-17(23-18)14-7-3-4-8-15(14)19/h3-4,7-8,10,13,16,22H,2,5-6,9,11-12H2,1H3. The predicted octanol–water partition coefficient (Wildman–Crippen LogP) is 3.46. The number of aliphatic hydroxyl groups excluding tert-OH is 1. The highest BCUT2D eigenvalue weighted by Crippen LogP contribution is 2.26. The van der Waals surface area contributed by atoms with Gasteiger partial charge in [0, 0.05) is 6.54 Å². The molecule has 2 aromatic rings. The van der Waals surface area contributed by atoms with Crippen molar-refractivity contribution in [3.05, 3.63) is 42.2 Å². The fourth-order valence-corrected chi connectivity index (χ4v) is 3.27. The Morgan fingerprint density at radius 3 is 2.87 bits per heavy atom. The number of rotatable bonds is 5. The first-order chi connectivity index (χ1) is 11.1. The van der Waals surface area contributed by atoms with Gasteiger partial charge in [0.25, 0.3) is 0 Å². The lowest BCUT2D eigenvalue weighted by molar-refractivity contribution is 0.0488. The smallest absolute Gasteiger partial charge is 0.209 e. The lowest BCUT2D eigenvalue weighted by Crippen LogP contribution is -2.34. The normalized spacial score (nSPS) is 21.7. The molecule has 1 aromatic heterocycles. The Labute approximate surface area is 136 Å². The summed E-state index contributed by atoms with van der Waals surface area (Å²) in [6.45, 7) is 1.37. The zero-order chi connectivity index (χ0) is 16.2. The van der Waals surface area contributed by atoms with Crippen LogP contribution >= 0.6 is 0 Å². The van der Waals surface area contributed by atoms with Gasteiger partial charge in [0.05, 0.1) is 24.4 Å². The average Bonchev–Trinajstić information content (AvgIpc) is 2.98. The molecule has 4 nitrogen and oxygen atoms in total. The quantitative estimate of drug-likeness (QED) is 0.917. The molecule has 0 bridgehead atoms. The monoisotopic (exact) mass is 318 g/mol. The molecular formula is C18H23FN2O2. The largest absolute Gasteiger partial charge is 0.439 e. The van der Waals surface area contributed by atoms with Crippen LogP contribution in [0.4, 0.5) is 4.39 Å². The highest BCUT2D eigenvalue weighted by atomic mass is 19.1. The summed E-state index contributed by atoms with van der Waals surface area (Å²) >= 11 is 0. The number of aromatic nitrogens is 1. The maximum atomic E-state index is 13.8. The van der Waals surface area contributed by atoms with Crippen molar-refractivity contribution in [2.45, 2.75) is 38.3 Å². The summed E-state index contributed by atoms with van der Waals surface area (Å²) in [4.78, 5) is 6.36. The third-order valence-corrected chi connectivity index (χ3v) is 4.51.